The van der Waals surface area contributed by atoms with Crippen LogP contribution in [-0.4, -0.2) is 61.2 Å². The number of halogens is 1. The summed E-state index contributed by atoms with van der Waals surface area (Å²) in [6.07, 6.45) is 0. The molecule has 1 saturated heterocycles. The lowest BCUT2D eigenvalue weighted by Crippen LogP contribution is -2.51. The minimum atomic E-state index is -3.88. The third-order valence-corrected chi connectivity index (χ3v) is 8.23. The Bertz CT molecular complexity index is 1240. The first-order valence-corrected chi connectivity index (χ1v) is 13.5. The molecule has 0 N–H and O–H groups in total. The van der Waals surface area contributed by atoms with Crippen molar-refractivity contribution in [1.29, 1.82) is 0 Å². The number of piperazine rings is 1. The molecule has 1 fully saturated rings. The number of benzene rings is 3. The van der Waals surface area contributed by atoms with E-state index in [2.05, 4.69) is 17.0 Å². The highest BCUT2D eigenvalue weighted by atomic mass is 35.5. The number of rotatable bonds is 8. The van der Waals surface area contributed by atoms with Gasteiger partial charge in [0.2, 0.25) is 15.9 Å². The lowest BCUT2D eigenvalue weighted by atomic mass is 10.2. The second kappa shape index (κ2) is 11.4. The molecule has 184 valence electrons. The number of hydrogen-bond acceptors (Lipinski definition) is 4. The third-order valence-electron chi connectivity index (χ3n) is 6.19. The Kier molecular flexibility index (Phi) is 8.23. The van der Waals surface area contributed by atoms with Crippen molar-refractivity contribution in [2.45, 2.75) is 24.9 Å². The van der Waals surface area contributed by atoms with Gasteiger partial charge in [-0.25, -0.2) is 8.42 Å². The predicted molar refractivity (Wildman–Crippen MR) is 139 cm³/mol. The van der Waals surface area contributed by atoms with Crippen LogP contribution in [0.2, 0.25) is 5.02 Å². The van der Waals surface area contributed by atoms with E-state index >= 15 is 0 Å². The zero-order chi connectivity index (χ0) is 24.8. The Labute approximate surface area is 212 Å². The van der Waals surface area contributed by atoms with E-state index in [0.29, 0.717) is 18.1 Å². The molecule has 6 nitrogen and oxygen atoms in total. The average Bonchev–Trinajstić information content (AvgIpc) is 2.85. The molecule has 0 spiro atoms. The maximum atomic E-state index is 13.5. The first-order chi connectivity index (χ1) is 16.8. The van der Waals surface area contributed by atoms with E-state index in [1.807, 2.05) is 31.2 Å². The Balaban J connectivity index is 1.46. The van der Waals surface area contributed by atoms with Gasteiger partial charge in [-0.1, -0.05) is 71.8 Å². The lowest BCUT2D eigenvalue weighted by Gasteiger charge is -2.35. The number of carbonyl (C=O) groups excluding carboxylic acids is 1. The molecule has 3 aromatic rings. The lowest BCUT2D eigenvalue weighted by molar-refractivity contribution is -0.133. The molecule has 4 rings (SSSR count). The topological polar surface area (TPSA) is 60.9 Å². The van der Waals surface area contributed by atoms with Crippen LogP contribution in [0.5, 0.6) is 0 Å². The summed E-state index contributed by atoms with van der Waals surface area (Å²) in [7, 11) is -3.88. The molecule has 1 heterocycles. The smallest absolute Gasteiger partial charge is 0.243 e. The van der Waals surface area contributed by atoms with Gasteiger partial charge in [-0.2, -0.15) is 4.31 Å². The molecule has 35 heavy (non-hydrogen) atoms. The number of amides is 1. The fourth-order valence-electron chi connectivity index (χ4n) is 4.17. The Hall–Kier alpha value is -2.71. The zero-order valence-electron chi connectivity index (χ0n) is 19.8. The van der Waals surface area contributed by atoms with Crippen molar-refractivity contribution in [3.05, 3.63) is 101 Å². The van der Waals surface area contributed by atoms with Crippen LogP contribution in [-0.2, 0) is 27.9 Å². The van der Waals surface area contributed by atoms with Gasteiger partial charge >= 0.3 is 0 Å². The summed E-state index contributed by atoms with van der Waals surface area (Å²) in [6.45, 7) is 5.23. The number of sulfonamides is 1. The van der Waals surface area contributed by atoms with Crippen molar-refractivity contribution in [2.24, 2.45) is 0 Å². The van der Waals surface area contributed by atoms with Crippen LogP contribution < -0.4 is 0 Å². The second-order valence-electron chi connectivity index (χ2n) is 8.86. The molecular weight excluding hydrogens is 482 g/mol. The number of carbonyl (C=O) groups is 1. The first kappa shape index (κ1) is 25.4. The maximum Gasteiger partial charge on any atom is 0.243 e. The number of aryl methyl sites for hydroxylation is 1. The van der Waals surface area contributed by atoms with E-state index in [1.165, 1.54) is 9.87 Å². The van der Waals surface area contributed by atoms with E-state index in [0.717, 1.165) is 30.8 Å². The number of hydrogen-bond donors (Lipinski definition) is 0. The fourth-order valence-corrected chi connectivity index (χ4v) is 5.76. The standard InChI is InChI=1S/C27H30ClN3O3S/c1-22-10-12-26(13-11-22)35(33,34)31(20-24-8-5-9-25(28)18-24)21-27(32)30-16-14-29(15-17-30)19-23-6-3-2-4-7-23/h2-13,18H,14-17,19-21H2,1H3. The molecule has 0 aliphatic carbocycles. The fraction of sp³-hybridized carbons (Fsp3) is 0.296. The van der Waals surface area contributed by atoms with Crippen molar-refractivity contribution in [1.82, 2.24) is 14.1 Å². The van der Waals surface area contributed by atoms with Crippen LogP contribution in [0.25, 0.3) is 0 Å². The summed E-state index contributed by atoms with van der Waals surface area (Å²) in [5.41, 5.74) is 2.94. The first-order valence-electron chi connectivity index (χ1n) is 11.7. The van der Waals surface area contributed by atoms with Crippen LogP contribution in [0, 0.1) is 6.92 Å². The highest BCUT2D eigenvalue weighted by molar-refractivity contribution is 7.89. The minimum Gasteiger partial charge on any atom is -0.339 e. The van der Waals surface area contributed by atoms with Crippen molar-refractivity contribution in [3.8, 4) is 0 Å². The monoisotopic (exact) mass is 511 g/mol. The molecule has 8 heteroatoms. The Morgan fingerprint density at radius 2 is 1.54 bits per heavy atom. The van der Waals surface area contributed by atoms with Crippen molar-refractivity contribution >= 4 is 27.5 Å². The van der Waals surface area contributed by atoms with Gasteiger partial charge < -0.3 is 4.90 Å². The van der Waals surface area contributed by atoms with Crippen LogP contribution in [0.1, 0.15) is 16.7 Å². The molecule has 0 atom stereocenters. The summed E-state index contributed by atoms with van der Waals surface area (Å²) in [6, 6.07) is 24.0. The molecule has 0 aromatic heterocycles. The van der Waals surface area contributed by atoms with Gasteiger partial charge in [0.15, 0.2) is 0 Å². The highest BCUT2D eigenvalue weighted by Crippen LogP contribution is 2.21. The molecule has 0 bridgehead atoms. The van der Waals surface area contributed by atoms with Crippen LogP contribution >= 0.6 is 11.6 Å². The van der Waals surface area contributed by atoms with Gasteiger partial charge in [0.25, 0.3) is 0 Å². The van der Waals surface area contributed by atoms with Gasteiger partial charge in [-0.3, -0.25) is 9.69 Å². The highest BCUT2D eigenvalue weighted by Gasteiger charge is 2.30. The van der Waals surface area contributed by atoms with E-state index in [9.17, 15) is 13.2 Å². The third kappa shape index (κ3) is 6.70. The van der Waals surface area contributed by atoms with Crippen LogP contribution in [0.3, 0.4) is 0 Å². The molecular formula is C27H30ClN3O3S. The molecule has 0 saturated carbocycles. The van der Waals surface area contributed by atoms with Gasteiger partial charge in [-0.15, -0.1) is 0 Å². The van der Waals surface area contributed by atoms with Crippen molar-refractivity contribution in [3.63, 3.8) is 0 Å². The van der Waals surface area contributed by atoms with Crippen molar-refractivity contribution < 1.29 is 13.2 Å². The molecule has 0 unspecified atom stereocenters. The summed E-state index contributed by atoms with van der Waals surface area (Å²) in [5, 5.41) is 0.524. The van der Waals surface area contributed by atoms with E-state index in [-0.39, 0.29) is 23.9 Å². The minimum absolute atomic E-state index is 0.0660. The summed E-state index contributed by atoms with van der Waals surface area (Å²) < 4.78 is 28.3. The van der Waals surface area contributed by atoms with Gasteiger partial charge in [0.1, 0.15) is 0 Å². The number of nitrogens with zero attached hydrogens (tertiary/aromatic N) is 3. The van der Waals surface area contributed by atoms with Crippen LogP contribution in [0.4, 0.5) is 0 Å². The van der Waals surface area contributed by atoms with E-state index in [1.54, 1.807) is 47.4 Å². The van der Waals surface area contributed by atoms with Gasteiger partial charge in [0.05, 0.1) is 11.4 Å². The summed E-state index contributed by atoms with van der Waals surface area (Å²) in [4.78, 5) is 17.5. The molecule has 1 aliphatic heterocycles. The Morgan fingerprint density at radius 3 is 2.20 bits per heavy atom. The predicted octanol–water partition coefficient (Wildman–Crippen LogP) is 4.18. The second-order valence-corrected chi connectivity index (χ2v) is 11.2. The van der Waals surface area contributed by atoms with E-state index < -0.39 is 10.0 Å². The Morgan fingerprint density at radius 1 is 0.886 bits per heavy atom. The van der Waals surface area contributed by atoms with Gasteiger partial charge in [0, 0.05) is 44.3 Å². The average molecular weight is 512 g/mol. The quantitative estimate of drug-likeness (QED) is 0.455. The van der Waals surface area contributed by atoms with E-state index in [4.69, 9.17) is 11.6 Å². The molecule has 1 aliphatic rings. The largest absolute Gasteiger partial charge is 0.339 e. The molecule has 3 aromatic carbocycles. The summed E-state index contributed by atoms with van der Waals surface area (Å²) >= 11 is 6.13. The SMILES string of the molecule is Cc1ccc(S(=O)(=O)N(CC(=O)N2CCN(Cc3ccccc3)CC2)Cc2cccc(Cl)c2)cc1. The maximum absolute atomic E-state index is 13.5. The van der Waals surface area contributed by atoms with Gasteiger partial charge in [-0.05, 0) is 42.3 Å². The van der Waals surface area contributed by atoms with Crippen molar-refractivity contribution in [2.75, 3.05) is 32.7 Å². The van der Waals surface area contributed by atoms with Crippen LogP contribution in [0.15, 0.2) is 83.8 Å². The molecule has 1 amide bonds. The zero-order valence-corrected chi connectivity index (χ0v) is 21.4. The summed E-state index contributed by atoms with van der Waals surface area (Å²) in [5.74, 6) is -0.193. The molecule has 0 radical (unpaired) electrons. The normalized spacial score (nSPS) is 14.9.